The van der Waals surface area contributed by atoms with Gasteiger partial charge in [0, 0.05) is 22.0 Å². The van der Waals surface area contributed by atoms with E-state index in [1.807, 2.05) is 38.1 Å². The number of aromatic nitrogens is 3. The number of nitrogens with zero attached hydrogens (tertiary/aromatic N) is 2. The Balaban J connectivity index is 1.42. The number of hydrogen-bond donors (Lipinski definition) is 3. The van der Waals surface area contributed by atoms with E-state index in [-0.39, 0.29) is 11.6 Å². The molecule has 0 bridgehead atoms. The summed E-state index contributed by atoms with van der Waals surface area (Å²) in [4.78, 5) is 32.3. The summed E-state index contributed by atoms with van der Waals surface area (Å²) in [6, 6.07) is 14.3. The maximum Gasteiger partial charge on any atom is 0.354 e. The third kappa shape index (κ3) is 4.37. The first kappa shape index (κ1) is 25.2. The third-order valence-electron chi connectivity index (χ3n) is 8.21. The number of benzene rings is 2. The Morgan fingerprint density at radius 3 is 2.64 bits per heavy atom. The molecule has 2 aromatic heterocycles. The Bertz CT molecular complexity index is 1590. The number of aromatic carboxylic acids is 1. The van der Waals surface area contributed by atoms with Gasteiger partial charge in [-0.1, -0.05) is 37.5 Å². The van der Waals surface area contributed by atoms with Crippen LogP contribution in [-0.2, 0) is 12.1 Å². The Morgan fingerprint density at radius 2 is 1.90 bits per heavy atom. The number of carboxylic acid groups (broad SMARTS) is 1. The number of imidazole rings is 1. The lowest BCUT2D eigenvalue weighted by Crippen LogP contribution is -2.42. The van der Waals surface area contributed by atoms with Crippen LogP contribution < -0.4 is 10.1 Å². The highest BCUT2D eigenvalue weighted by Crippen LogP contribution is 2.47. The van der Waals surface area contributed by atoms with E-state index in [2.05, 4.69) is 38.1 Å². The van der Waals surface area contributed by atoms with Crippen molar-refractivity contribution in [2.75, 3.05) is 6.61 Å². The molecule has 2 aromatic carbocycles. The van der Waals surface area contributed by atoms with Gasteiger partial charge >= 0.3 is 5.97 Å². The zero-order valence-corrected chi connectivity index (χ0v) is 22.6. The minimum Gasteiger partial charge on any atom is -0.491 e. The zero-order chi connectivity index (χ0) is 27.3. The van der Waals surface area contributed by atoms with E-state index in [1.165, 1.54) is 48.7 Å². The zero-order valence-electron chi connectivity index (χ0n) is 22.6. The van der Waals surface area contributed by atoms with Crippen LogP contribution >= 0.6 is 0 Å². The van der Waals surface area contributed by atoms with Gasteiger partial charge in [-0.2, -0.15) is 0 Å². The molecule has 0 radical (unpaired) electrons. The summed E-state index contributed by atoms with van der Waals surface area (Å²) in [5, 5.41) is 13.7. The molecule has 202 valence electrons. The van der Waals surface area contributed by atoms with Crippen molar-refractivity contribution >= 4 is 22.8 Å². The molecule has 1 fully saturated rings. The van der Waals surface area contributed by atoms with E-state index < -0.39 is 11.5 Å². The van der Waals surface area contributed by atoms with Gasteiger partial charge in [0.15, 0.2) is 0 Å². The van der Waals surface area contributed by atoms with Crippen molar-refractivity contribution < 1.29 is 19.4 Å². The second kappa shape index (κ2) is 9.59. The second-order valence-corrected chi connectivity index (χ2v) is 11.3. The van der Waals surface area contributed by atoms with Crippen LogP contribution in [0.25, 0.3) is 22.2 Å². The third-order valence-corrected chi connectivity index (χ3v) is 8.21. The Labute approximate surface area is 227 Å². The number of aromatic amines is 1. The van der Waals surface area contributed by atoms with E-state index in [9.17, 15) is 14.7 Å². The minimum absolute atomic E-state index is 0.0300. The van der Waals surface area contributed by atoms with Gasteiger partial charge < -0.3 is 24.7 Å². The first-order valence-corrected chi connectivity index (χ1v) is 13.8. The molecule has 1 amide bonds. The summed E-state index contributed by atoms with van der Waals surface area (Å²) < 4.78 is 8.48. The quantitative estimate of drug-likeness (QED) is 0.289. The average molecular weight is 527 g/mol. The lowest BCUT2D eigenvalue weighted by Gasteiger charge is -2.24. The van der Waals surface area contributed by atoms with Crippen LogP contribution in [0.5, 0.6) is 5.75 Å². The van der Waals surface area contributed by atoms with Gasteiger partial charge in [-0.05, 0) is 69.4 Å². The lowest BCUT2D eigenvalue weighted by molar-refractivity contribution is 0.0690. The van der Waals surface area contributed by atoms with Gasteiger partial charge in [0.2, 0.25) is 0 Å². The predicted octanol–water partition coefficient (Wildman–Crippen LogP) is 6.14. The van der Waals surface area contributed by atoms with Gasteiger partial charge in [-0.15, -0.1) is 0 Å². The minimum atomic E-state index is -1.08. The maximum absolute atomic E-state index is 13.5. The molecule has 0 unspecified atom stereocenters. The highest BCUT2D eigenvalue weighted by molar-refractivity contribution is 6.01. The van der Waals surface area contributed by atoms with Crippen LogP contribution in [0.2, 0.25) is 0 Å². The Morgan fingerprint density at radius 1 is 1.13 bits per heavy atom. The van der Waals surface area contributed by atoms with Gasteiger partial charge in [-0.3, -0.25) is 4.79 Å². The summed E-state index contributed by atoms with van der Waals surface area (Å²) in [5.74, 6) is 0.467. The van der Waals surface area contributed by atoms with Crippen molar-refractivity contribution in [3.05, 3.63) is 70.8 Å². The summed E-state index contributed by atoms with van der Waals surface area (Å²) >= 11 is 0. The number of carboxylic acids is 1. The first-order chi connectivity index (χ1) is 18.7. The van der Waals surface area contributed by atoms with Gasteiger partial charge in [-0.25, -0.2) is 9.78 Å². The van der Waals surface area contributed by atoms with Crippen molar-refractivity contribution in [3.63, 3.8) is 0 Å². The molecule has 2 aliphatic rings. The van der Waals surface area contributed by atoms with E-state index in [1.54, 1.807) is 6.92 Å². The molecule has 0 atom stereocenters. The molecule has 6 rings (SSSR count). The number of para-hydroxylation sites is 1. The molecule has 1 saturated carbocycles. The van der Waals surface area contributed by atoms with Crippen molar-refractivity contribution in [3.8, 4) is 17.0 Å². The molecule has 1 aliphatic heterocycles. The topological polar surface area (TPSA) is 109 Å². The maximum atomic E-state index is 13.5. The SMILES string of the molecule is Cc1nc(C(C)(C)NC(=O)c2ccc3c(C4CCCCC4)c4n(c3c2)CCOc2ccccc2-4)[nH]c1C(=O)O. The Hall–Kier alpha value is -4.07. The molecule has 4 aromatic rings. The molecular weight excluding hydrogens is 492 g/mol. The second-order valence-electron chi connectivity index (χ2n) is 11.3. The fourth-order valence-electron chi connectivity index (χ4n) is 6.26. The van der Waals surface area contributed by atoms with E-state index in [0.717, 1.165) is 16.8 Å². The largest absolute Gasteiger partial charge is 0.491 e. The molecule has 3 N–H and O–H groups in total. The number of aryl methyl sites for hydroxylation is 1. The number of ether oxygens (including phenoxy) is 1. The van der Waals surface area contributed by atoms with Gasteiger partial charge in [0.1, 0.15) is 23.9 Å². The van der Waals surface area contributed by atoms with Crippen LogP contribution in [0.3, 0.4) is 0 Å². The number of amides is 1. The molecule has 0 spiro atoms. The van der Waals surface area contributed by atoms with Crippen LogP contribution in [0.15, 0.2) is 42.5 Å². The fraction of sp³-hybridized carbons (Fsp3) is 0.387. The number of carbonyl (C=O) groups is 2. The molecule has 0 saturated heterocycles. The number of H-pyrrole nitrogens is 1. The molecule has 39 heavy (non-hydrogen) atoms. The standard InChI is InChI=1S/C31H34N4O4/c1-18-26(29(37)38)33-30(32-18)31(2,3)34-28(36)20-13-14-21-23(17-20)35-15-16-39-24-12-8-7-11-22(24)27(35)25(21)19-9-5-4-6-10-19/h7-8,11-14,17,19H,4-6,9-10,15-16H2,1-3H3,(H,32,33)(H,34,36)(H,37,38). The fourth-order valence-corrected chi connectivity index (χ4v) is 6.26. The number of hydrogen-bond acceptors (Lipinski definition) is 4. The van der Waals surface area contributed by atoms with Crippen molar-refractivity contribution in [1.82, 2.24) is 19.9 Å². The summed E-state index contributed by atoms with van der Waals surface area (Å²) in [6.07, 6.45) is 6.10. The monoisotopic (exact) mass is 526 g/mol. The van der Waals surface area contributed by atoms with Gasteiger partial charge in [0.05, 0.1) is 23.5 Å². The van der Waals surface area contributed by atoms with Crippen LogP contribution in [-0.4, -0.2) is 38.1 Å². The van der Waals surface area contributed by atoms with Crippen LogP contribution in [0.4, 0.5) is 0 Å². The molecule has 8 heteroatoms. The predicted molar refractivity (Wildman–Crippen MR) is 149 cm³/mol. The summed E-state index contributed by atoms with van der Waals surface area (Å²) in [7, 11) is 0. The normalized spacial score (nSPS) is 15.8. The van der Waals surface area contributed by atoms with Crippen LogP contribution in [0.1, 0.15) is 89.8 Å². The number of nitrogens with one attached hydrogen (secondary N) is 2. The van der Waals surface area contributed by atoms with E-state index in [4.69, 9.17) is 4.74 Å². The number of rotatable bonds is 5. The smallest absolute Gasteiger partial charge is 0.354 e. The lowest BCUT2D eigenvalue weighted by atomic mass is 9.81. The van der Waals surface area contributed by atoms with Crippen LogP contribution in [0, 0.1) is 6.92 Å². The van der Waals surface area contributed by atoms with E-state index in [0.29, 0.717) is 36.2 Å². The number of fused-ring (bicyclic) bond motifs is 5. The molecule has 3 heterocycles. The number of carbonyl (C=O) groups excluding carboxylic acids is 1. The average Bonchev–Trinajstić information content (AvgIpc) is 3.41. The highest BCUT2D eigenvalue weighted by atomic mass is 16.5. The Kier molecular flexibility index (Phi) is 6.20. The first-order valence-electron chi connectivity index (χ1n) is 13.8. The molecular formula is C31H34N4O4. The molecule has 1 aliphatic carbocycles. The highest BCUT2D eigenvalue weighted by Gasteiger charge is 2.31. The van der Waals surface area contributed by atoms with Crippen molar-refractivity contribution in [2.24, 2.45) is 0 Å². The van der Waals surface area contributed by atoms with Crippen molar-refractivity contribution in [2.45, 2.75) is 70.9 Å². The summed E-state index contributed by atoms with van der Waals surface area (Å²) in [6.45, 7) is 6.52. The van der Waals surface area contributed by atoms with Crippen molar-refractivity contribution in [1.29, 1.82) is 0 Å². The van der Waals surface area contributed by atoms with E-state index >= 15 is 0 Å². The van der Waals surface area contributed by atoms with Gasteiger partial charge in [0.25, 0.3) is 5.91 Å². The molecule has 8 nitrogen and oxygen atoms in total. The summed E-state index contributed by atoms with van der Waals surface area (Å²) in [5.41, 5.74) is 4.81.